The number of hydrogen-bond donors (Lipinski definition) is 0. The second-order valence-corrected chi connectivity index (χ2v) is 7.34. The molecule has 0 amide bonds. The minimum Gasteiger partial charge on any atom is -0.306 e. The summed E-state index contributed by atoms with van der Waals surface area (Å²) in [7, 11) is 0. The predicted octanol–water partition coefficient (Wildman–Crippen LogP) is 2.74. The van der Waals surface area contributed by atoms with Crippen molar-refractivity contribution in [3.8, 4) is 6.07 Å². The number of carbonyl (C=O) groups is 1. The second-order valence-electron chi connectivity index (χ2n) is 5.51. The van der Waals surface area contributed by atoms with Gasteiger partial charge in [-0.2, -0.15) is 5.26 Å². The van der Waals surface area contributed by atoms with Gasteiger partial charge in [-0.05, 0) is 19.8 Å². The number of nitriles is 1. The van der Waals surface area contributed by atoms with Crippen molar-refractivity contribution in [1.82, 2.24) is 19.7 Å². The third-order valence-electron chi connectivity index (χ3n) is 3.75. The molecule has 2 aromatic rings. The standard InChI is InChI=1S/C15H17N5OS2/c1-10-8-22-14(17-10)11(7-16)12(21)9-23-15-19-18-13-5-3-2-4-6-20(13)15/h8,11H,2-6,9H2,1H3/t11-/m1/s1. The Bertz CT molecular complexity index is 745. The number of hydrogen-bond acceptors (Lipinski definition) is 7. The number of thiazole rings is 1. The fourth-order valence-electron chi connectivity index (χ4n) is 2.55. The Kier molecular flexibility index (Phi) is 5.08. The van der Waals surface area contributed by atoms with E-state index in [1.54, 1.807) is 0 Å². The highest BCUT2D eigenvalue weighted by atomic mass is 32.2. The summed E-state index contributed by atoms with van der Waals surface area (Å²) in [4.78, 5) is 16.6. The van der Waals surface area contributed by atoms with Crippen molar-refractivity contribution in [2.45, 2.75) is 50.2 Å². The van der Waals surface area contributed by atoms with Crippen LogP contribution in [0.2, 0.25) is 0 Å². The summed E-state index contributed by atoms with van der Waals surface area (Å²) in [5.74, 6) is 0.310. The lowest BCUT2D eigenvalue weighted by atomic mass is 10.1. The van der Waals surface area contributed by atoms with E-state index in [1.807, 2.05) is 12.3 Å². The smallest absolute Gasteiger partial charge is 0.191 e. The third kappa shape index (κ3) is 3.62. The normalized spacial score (nSPS) is 15.5. The quantitative estimate of drug-likeness (QED) is 0.773. The molecule has 23 heavy (non-hydrogen) atoms. The van der Waals surface area contributed by atoms with E-state index in [1.165, 1.54) is 29.5 Å². The average Bonchev–Trinajstić information content (AvgIpc) is 3.05. The fourth-order valence-corrected chi connectivity index (χ4v) is 4.30. The zero-order valence-electron chi connectivity index (χ0n) is 12.9. The monoisotopic (exact) mass is 347 g/mol. The van der Waals surface area contributed by atoms with Gasteiger partial charge >= 0.3 is 0 Å². The Morgan fingerprint density at radius 1 is 1.48 bits per heavy atom. The van der Waals surface area contributed by atoms with E-state index in [4.69, 9.17) is 0 Å². The van der Waals surface area contributed by atoms with Gasteiger partial charge in [-0.25, -0.2) is 4.98 Å². The number of rotatable bonds is 5. The molecule has 0 N–H and O–H groups in total. The average molecular weight is 347 g/mol. The highest BCUT2D eigenvalue weighted by molar-refractivity contribution is 7.99. The van der Waals surface area contributed by atoms with Crippen molar-refractivity contribution in [3.63, 3.8) is 0 Å². The number of nitrogens with zero attached hydrogens (tertiary/aromatic N) is 5. The highest BCUT2D eigenvalue weighted by Gasteiger charge is 2.24. The van der Waals surface area contributed by atoms with Crippen LogP contribution in [0.3, 0.4) is 0 Å². The van der Waals surface area contributed by atoms with Gasteiger partial charge < -0.3 is 4.57 Å². The van der Waals surface area contributed by atoms with Crippen molar-refractivity contribution in [2.24, 2.45) is 0 Å². The SMILES string of the molecule is Cc1csc([C@H](C#N)C(=O)CSc2nnc3n2CCCCC3)n1. The molecule has 0 unspecified atom stereocenters. The van der Waals surface area contributed by atoms with Crippen LogP contribution in [-0.2, 0) is 17.8 Å². The maximum absolute atomic E-state index is 12.4. The summed E-state index contributed by atoms with van der Waals surface area (Å²) in [6, 6.07) is 2.08. The van der Waals surface area contributed by atoms with Crippen molar-refractivity contribution >= 4 is 28.9 Å². The van der Waals surface area contributed by atoms with Crippen LogP contribution in [0, 0.1) is 18.3 Å². The first kappa shape index (κ1) is 16.1. The molecule has 0 aliphatic carbocycles. The van der Waals surface area contributed by atoms with Gasteiger partial charge in [0.25, 0.3) is 0 Å². The summed E-state index contributed by atoms with van der Waals surface area (Å²) >= 11 is 2.73. The maximum atomic E-state index is 12.4. The van der Waals surface area contributed by atoms with E-state index < -0.39 is 5.92 Å². The Balaban J connectivity index is 1.67. The van der Waals surface area contributed by atoms with E-state index in [0.717, 1.165) is 42.5 Å². The van der Waals surface area contributed by atoms with Gasteiger partial charge in [0.15, 0.2) is 16.9 Å². The number of ketones is 1. The Labute approximate surface area is 142 Å². The van der Waals surface area contributed by atoms with E-state index in [9.17, 15) is 10.1 Å². The van der Waals surface area contributed by atoms with E-state index in [-0.39, 0.29) is 11.5 Å². The van der Waals surface area contributed by atoms with E-state index in [2.05, 4.69) is 25.8 Å². The minimum absolute atomic E-state index is 0.127. The zero-order valence-corrected chi connectivity index (χ0v) is 14.5. The number of carbonyl (C=O) groups excluding carboxylic acids is 1. The molecule has 6 nitrogen and oxygen atoms in total. The van der Waals surface area contributed by atoms with Crippen LogP contribution in [0.4, 0.5) is 0 Å². The molecule has 0 bridgehead atoms. The van der Waals surface area contributed by atoms with Crippen LogP contribution >= 0.6 is 23.1 Å². The molecule has 3 rings (SSSR count). The number of Topliss-reactive ketones (excluding diaryl/α,β-unsaturated/α-hetero) is 1. The largest absolute Gasteiger partial charge is 0.306 e. The van der Waals surface area contributed by atoms with E-state index in [0.29, 0.717) is 5.01 Å². The van der Waals surface area contributed by atoms with Crippen molar-refractivity contribution in [1.29, 1.82) is 5.26 Å². The number of aromatic nitrogens is 4. The molecule has 1 aliphatic heterocycles. The van der Waals surface area contributed by atoms with Gasteiger partial charge in [0.1, 0.15) is 10.8 Å². The Morgan fingerprint density at radius 3 is 3.09 bits per heavy atom. The van der Waals surface area contributed by atoms with Gasteiger partial charge in [-0.15, -0.1) is 21.5 Å². The molecule has 0 spiro atoms. The van der Waals surface area contributed by atoms with Gasteiger partial charge in [0.05, 0.1) is 11.8 Å². The highest BCUT2D eigenvalue weighted by Crippen LogP contribution is 2.26. The molecule has 0 saturated carbocycles. The van der Waals surface area contributed by atoms with Gasteiger partial charge in [-0.1, -0.05) is 18.2 Å². The zero-order chi connectivity index (χ0) is 16.2. The molecule has 3 heterocycles. The molecular formula is C15H17N5OS2. The van der Waals surface area contributed by atoms with Crippen molar-refractivity contribution in [3.05, 3.63) is 21.9 Å². The number of fused-ring (bicyclic) bond motifs is 1. The molecule has 0 fully saturated rings. The van der Waals surface area contributed by atoms with Crippen LogP contribution < -0.4 is 0 Å². The molecule has 8 heteroatoms. The lowest BCUT2D eigenvalue weighted by molar-refractivity contribution is -0.116. The van der Waals surface area contributed by atoms with Gasteiger partial charge in [-0.3, -0.25) is 4.79 Å². The summed E-state index contributed by atoms with van der Waals surface area (Å²) in [6.45, 7) is 2.77. The van der Waals surface area contributed by atoms with Crippen LogP contribution in [0.25, 0.3) is 0 Å². The number of aryl methyl sites for hydroxylation is 2. The first-order valence-electron chi connectivity index (χ1n) is 7.58. The molecule has 1 aliphatic rings. The number of thioether (sulfide) groups is 1. The van der Waals surface area contributed by atoms with Crippen molar-refractivity contribution in [2.75, 3.05) is 5.75 Å². The summed E-state index contributed by atoms with van der Waals surface area (Å²) in [5, 5.41) is 20.9. The third-order valence-corrected chi connectivity index (χ3v) is 5.77. The predicted molar refractivity (Wildman–Crippen MR) is 88.5 cm³/mol. The molecule has 0 saturated heterocycles. The summed E-state index contributed by atoms with van der Waals surface area (Å²) < 4.78 is 2.11. The summed E-state index contributed by atoms with van der Waals surface area (Å²) in [5.41, 5.74) is 0.841. The minimum atomic E-state index is -0.785. The van der Waals surface area contributed by atoms with Crippen LogP contribution in [0.5, 0.6) is 0 Å². The molecule has 0 radical (unpaired) electrons. The molecule has 0 aromatic carbocycles. The molecule has 2 aromatic heterocycles. The first-order chi connectivity index (χ1) is 11.2. The summed E-state index contributed by atoms with van der Waals surface area (Å²) in [6.07, 6.45) is 4.40. The fraction of sp³-hybridized carbons (Fsp3) is 0.533. The van der Waals surface area contributed by atoms with Gasteiger partial charge in [0, 0.05) is 24.0 Å². The Hall–Kier alpha value is -1.72. The lowest BCUT2D eigenvalue weighted by Gasteiger charge is -2.07. The maximum Gasteiger partial charge on any atom is 0.191 e. The van der Waals surface area contributed by atoms with Crippen LogP contribution in [0.1, 0.15) is 41.7 Å². The van der Waals surface area contributed by atoms with Gasteiger partial charge in [0.2, 0.25) is 0 Å². The lowest BCUT2D eigenvalue weighted by Crippen LogP contribution is -2.14. The van der Waals surface area contributed by atoms with Crippen LogP contribution in [0.15, 0.2) is 10.5 Å². The molecule has 1 atom stereocenters. The second kappa shape index (κ2) is 7.23. The molecular weight excluding hydrogens is 330 g/mol. The van der Waals surface area contributed by atoms with E-state index >= 15 is 0 Å². The van der Waals surface area contributed by atoms with Crippen LogP contribution in [-0.4, -0.2) is 31.3 Å². The van der Waals surface area contributed by atoms with Crippen molar-refractivity contribution < 1.29 is 4.79 Å². The Morgan fingerprint density at radius 2 is 2.35 bits per heavy atom. The topological polar surface area (TPSA) is 84.5 Å². The first-order valence-corrected chi connectivity index (χ1v) is 9.45. The molecule has 120 valence electrons.